The van der Waals surface area contributed by atoms with Gasteiger partial charge in [0.2, 0.25) is 0 Å². The van der Waals surface area contributed by atoms with Crippen molar-refractivity contribution in [3.63, 3.8) is 0 Å². The number of aryl methyl sites for hydroxylation is 3. The molecule has 0 aromatic carbocycles. The summed E-state index contributed by atoms with van der Waals surface area (Å²) < 4.78 is 3.86. The highest BCUT2D eigenvalue weighted by Gasteiger charge is 1.83. The summed E-state index contributed by atoms with van der Waals surface area (Å²) in [6.45, 7) is 8.02. The molecule has 2 heterocycles. The number of rotatable bonds is 0. The van der Waals surface area contributed by atoms with Crippen LogP contribution in [0, 0.1) is 6.92 Å². The van der Waals surface area contributed by atoms with Crippen molar-refractivity contribution in [1.29, 1.82) is 0 Å². The molecule has 0 aliphatic rings. The van der Waals surface area contributed by atoms with Crippen LogP contribution in [0.1, 0.15) is 5.69 Å². The Morgan fingerprint density at radius 1 is 1.13 bits per heavy atom. The lowest BCUT2D eigenvalue weighted by Gasteiger charge is -1.87. The highest BCUT2D eigenvalue weighted by Crippen LogP contribution is 1.88. The van der Waals surface area contributed by atoms with Crippen molar-refractivity contribution < 1.29 is 0 Å². The maximum absolute atomic E-state index is 3.88. The second kappa shape index (κ2) is 7.55. The minimum absolute atomic E-state index is 1.19. The van der Waals surface area contributed by atoms with Crippen molar-refractivity contribution in [2.24, 2.45) is 14.1 Å². The summed E-state index contributed by atoms with van der Waals surface area (Å²) in [5, 5.41) is 0. The van der Waals surface area contributed by atoms with E-state index in [4.69, 9.17) is 0 Å². The average Bonchev–Trinajstić information content (AvgIpc) is 2.84. The first-order valence-electron chi connectivity index (χ1n) is 4.55. The molecule has 0 aliphatic heterocycles. The summed E-state index contributed by atoms with van der Waals surface area (Å²) in [6.07, 6.45) is 9.01. The zero-order valence-corrected chi connectivity index (χ0v) is 9.59. The zero-order valence-electron chi connectivity index (χ0n) is 9.59. The Bertz CT molecular complexity index is 332. The van der Waals surface area contributed by atoms with Crippen LogP contribution in [0.25, 0.3) is 0 Å². The van der Waals surface area contributed by atoms with Crippen LogP contribution >= 0.6 is 0 Å². The largest absolute Gasteiger partial charge is 0.341 e. The van der Waals surface area contributed by atoms with Gasteiger partial charge in [-0.1, -0.05) is 0 Å². The standard InChI is InChI=1S/C5H8N2.C4H6N2.C2H4/c1-5-3-6-4-7(5)2;1-6-3-2-5-4-6;1-2/h3-4H,1-2H3;2-4H,1H3;1-2H2. The molecule has 0 aliphatic carbocycles. The molecule has 4 nitrogen and oxygen atoms in total. The second-order valence-electron chi connectivity index (χ2n) is 2.87. The van der Waals surface area contributed by atoms with Crippen molar-refractivity contribution in [2.45, 2.75) is 6.92 Å². The van der Waals surface area contributed by atoms with Gasteiger partial charge in [0.05, 0.1) is 12.7 Å². The number of aromatic nitrogens is 4. The first-order chi connectivity index (χ1) is 7.20. The van der Waals surface area contributed by atoms with Gasteiger partial charge < -0.3 is 9.13 Å². The number of hydrogen-bond acceptors (Lipinski definition) is 2. The first kappa shape index (κ1) is 13.2. The predicted molar refractivity (Wildman–Crippen MR) is 62.4 cm³/mol. The van der Waals surface area contributed by atoms with E-state index < -0.39 is 0 Å². The van der Waals surface area contributed by atoms with E-state index >= 15 is 0 Å². The number of imidazole rings is 2. The lowest BCUT2D eigenvalue weighted by atomic mass is 10.5. The molecule has 0 bridgehead atoms. The van der Waals surface area contributed by atoms with Crippen molar-refractivity contribution in [2.75, 3.05) is 0 Å². The summed E-state index contributed by atoms with van der Waals surface area (Å²) in [6, 6.07) is 0. The third kappa shape index (κ3) is 5.46. The lowest BCUT2D eigenvalue weighted by molar-refractivity contribution is 0.873. The Morgan fingerprint density at radius 3 is 1.93 bits per heavy atom. The Morgan fingerprint density at radius 2 is 1.80 bits per heavy atom. The van der Waals surface area contributed by atoms with Gasteiger partial charge >= 0.3 is 0 Å². The monoisotopic (exact) mass is 206 g/mol. The quantitative estimate of drug-likeness (QED) is 0.618. The lowest BCUT2D eigenvalue weighted by Crippen LogP contribution is -1.84. The van der Waals surface area contributed by atoms with Gasteiger partial charge in [-0.05, 0) is 6.92 Å². The van der Waals surface area contributed by atoms with Crippen LogP contribution in [-0.4, -0.2) is 19.1 Å². The fraction of sp³-hybridized carbons (Fsp3) is 0.273. The maximum Gasteiger partial charge on any atom is 0.0945 e. The number of nitrogens with zero attached hydrogens (tertiary/aromatic N) is 4. The maximum atomic E-state index is 3.88. The molecule has 0 saturated carbocycles. The molecule has 2 aromatic rings. The molecule has 0 amide bonds. The van der Waals surface area contributed by atoms with Crippen molar-refractivity contribution in [3.8, 4) is 0 Å². The van der Waals surface area contributed by atoms with E-state index in [1.165, 1.54) is 5.69 Å². The van der Waals surface area contributed by atoms with Crippen LogP contribution in [0.5, 0.6) is 0 Å². The SMILES string of the molecule is C=C.Cc1cncn1C.Cn1ccnc1. The van der Waals surface area contributed by atoms with E-state index in [-0.39, 0.29) is 0 Å². The van der Waals surface area contributed by atoms with Gasteiger partial charge in [-0.2, -0.15) is 0 Å². The highest BCUT2D eigenvalue weighted by molar-refractivity contribution is 4.91. The van der Waals surface area contributed by atoms with Gasteiger partial charge in [-0.3, -0.25) is 0 Å². The Kier molecular flexibility index (Phi) is 6.63. The smallest absolute Gasteiger partial charge is 0.0945 e. The normalized spacial score (nSPS) is 8.20. The van der Waals surface area contributed by atoms with Gasteiger partial charge in [0.15, 0.2) is 0 Å². The molecule has 2 aromatic heterocycles. The molecule has 0 fully saturated rings. The first-order valence-corrected chi connectivity index (χ1v) is 4.55. The molecule has 0 saturated heterocycles. The molecule has 15 heavy (non-hydrogen) atoms. The van der Waals surface area contributed by atoms with Crippen LogP contribution in [-0.2, 0) is 14.1 Å². The minimum Gasteiger partial charge on any atom is -0.341 e. The Labute approximate surface area is 90.9 Å². The molecule has 0 atom stereocenters. The molecule has 4 heteroatoms. The van der Waals surface area contributed by atoms with Crippen LogP contribution in [0.3, 0.4) is 0 Å². The van der Waals surface area contributed by atoms with Crippen LogP contribution in [0.15, 0.2) is 44.4 Å². The molecule has 82 valence electrons. The predicted octanol–water partition coefficient (Wildman–Crippen LogP) is 1.95. The van der Waals surface area contributed by atoms with Crippen molar-refractivity contribution in [3.05, 3.63) is 50.1 Å². The fourth-order valence-corrected chi connectivity index (χ4v) is 0.749. The van der Waals surface area contributed by atoms with E-state index in [9.17, 15) is 0 Å². The van der Waals surface area contributed by atoms with E-state index in [2.05, 4.69) is 23.1 Å². The zero-order chi connectivity index (χ0) is 11.7. The molecule has 2 rings (SSSR count). The van der Waals surface area contributed by atoms with Crippen LogP contribution < -0.4 is 0 Å². The van der Waals surface area contributed by atoms with Crippen molar-refractivity contribution >= 4 is 0 Å². The third-order valence-corrected chi connectivity index (χ3v) is 1.69. The Balaban J connectivity index is 0.000000227. The van der Waals surface area contributed by atoms with E-state index in [0.717, 1.165) is 0 Å². The molecular formula is C11H18N4. The van der Waals surface area contributed by atoms with Gasteiger partial charge in [0.1, 0.15) is 0 Å². The summed E-state index contributed by atoms with van der Waals surface area (Å²) in [5.74, 6) is 0. The van der Waals surface area contributed by atoms with E-state index in [1.54, 1.807) is 18.9 Å². The van der Waals surface area contributed by atoms with Gasteiger partial charge in [0.25, 0.3) is 0 Å². The second-order valence-corrected chi connectivity index (χ2v) is 2.87. The highest BCUT2D eigenvalue weighted by atomic mass is 15.0. The molecule has 0 N–H and O–H groups in total. The van der Waals surface area contributed by atoms with Gasteiger partial charge in [-0.25, -0.2) is 9.97 Å². The van der Waals surface area contributed by atoms with Crippen LogP contribution in [0.4, 0.5) is 0 Å². The third-order valence-electron chi connectivity index (χ3n) is 1.69. The van der Waals surface area contributed by atoms with E-state index in [1.807, 2.05) is 42.5 Å². The molecule has 0 radical (unpaired) electrons. The van der Waals surface area contributed by atoms with Crippen molar-refractivity contribution in [1.82, 2.24) is 19.1 Å². The number of hydrogen-bond donors (Lipinski definition) is 0. The molecular weight excluding hydrogens is 188 g/mol. The summed E-state index contributed by atoms with van der Waals surface area (Å²) in [7, 11) is 3.91. The topological polar surface area (TPSA) is 35.6 Å². The summed E-state index contributed by atoms with van der Waals surface area (Å²) >= 11 is 0. The summed E-state index contributed by atoms with van der Waals surface area (Å²) in [4.78, 5) is 7.67. The summed E-state index contributed by atoms with van der Waals surface area (Å²) in [5.41, 5.74) is 1.19. The van der Waals surface area contributed by atoms with Crippen LogP contribution in [0.2, 0.25) is 0 Å². The average molecular weight is 206 g/mol. The Hall–Kier alpha value is -1.84. The molecule has 0 spiro atoms. The molecule has 0 unspecified atom stereocenters. The fourth-order valence-electron chi connectivity index (χ4n) is 0.749. The van der Waals surface area contributed by atoms with Gasteiger partial charge in [0, 0.05) is 38.4 Å². The van der Waals surface area contributed by atoms with E-state index in [0.29, 0.717) is 0 Å². The minimum atomic E-state index is 1.19. The van der Waals surface area contributed by atoms with Gasteiger partial charge in [-0.15, -0.1) is 13.2 Å².